The molecule has 0 amide bonds. The molecule has 0 bridgehead atoms. The lowest BCUT2D eigenvalue weighted by molar-refractivity contribution is 0.346. The molecule has 2 N–H and O–H groups in total. The van der Waals surface area contributed by atoms with Crippen LogP contribution in [-0.4, -0.2) is 21.2 Å². The van der Waals surface area contributed by atoms with Gasteiger partial charge in [0, 0.05) is 17.6 Å². The first-order chi connectivity index (χ1) is 9.66. The van der Waals surface area contributed by atoms with Gasteiger partial charge in [0.25, 0.3) is 0 Å². The van der Waals surface area contributed by atoms with Crippen molar-refractivity contribution in [1.29, 1.82) is 0 Å². The Kier molecular flexibility index (Phi) is 4.55. The normalized spacial score (nSPS) is 13.7. The molecular weight excluding hydrogens is 288 g/mol. The van der Waals surface area contributed by atoms with Gasteiger partial charge in [0.1, 0.15) is 5.69 Å². The molecule has 21 heavy (non-hydrogen) atoms. The van der Waals surface area contributed by atoms with Gasteiger partial charge in [-0.3, -0.25) is 4.98 Å². The average molecular weight is 305 g/mol. The predicted octanol–water partition coefficient (Wildman–Crippen LogP) is 3.16. The number of nitrogens with two attached hydrogens (primary N) is 1. The third-order valence-corrected chi connectivity index (χ3v) is 3.51. The molecule has 3 rings (SSSR count). The molecular formula is C15H17ClN4O. The second kappa shape index (κ2) is 6.20. The molecule has 0 aliphatic heterocycles. The van der Waals surface area contributed by atoms with Crippen molar-refractivity contribution in [2.24, 2.45) is 5.73 Å². The number of benzene rings is 1. The Labute approximate surface area is 129 Å². The molecule has 0 saturated heterocycles. The zero-order valence-electron chi connectivity index (χ0n) is 11.9. The minimum absolute atomic E-state index is 0. The standard InChI is InChI=1S/C15H16N4O.ClH/c1-9(10(2)16)15-18-14(19-20-15)13-12-6-4-3-5-11(12)7-8-17-13;/h3-10H,16H2,1-2H3;1H. The van der Waals surface area contributed by atoms with Crippen LogP contribution >= 0.6 is 12.4 Å². The average Bonchev–Trinajstić information content (AvgIpc) is 2.95. The van der Waals surface area contributed by atoms with Gasteiger partial charge in [0.2, 0.25) is 11.7 Å². The molecule has 0 spiro atoms. The molecule has 110 valence electrons. The molecule has 2 atom stereocenters. The summed E-state index contributed by atoms with van der Waals surface area (Å²) in [5.41, 5.74) is 6.59. The number of aromatic nitrogens is 3. The van der Waals surface area contributed by atoms with Crippen molar-refractivity contribution in [3.63, 3.8) is 0 Å². The van der Waals surface area contributed by atoms with Gasteiger partial charge >= 0.3 is 0 Å². The fourth-order valence-corrected chi connectivity index (χ4v) is 2.04. The van der Waals surface area contributed by atoms with Crippen LogP contribution in [0.15, 0.2) is 41.1 Å². The van der Waals surface area contributed by atoms with Crippen molar-refractivity contribution in [2.45, 2.75) is 25.8 Å². The molecule has 0 radical (unpaired) electrons. The van der Waals surface area contributed by atoms with E-state index in [1.54, 1.807) is 6.20 Å². The van der Waals surface area contributed by atoms with Crippen LogP contribution in [-0.2, 0) is 0 Å². The Hall–Kier alpha value is -1.98. The van der Waals surface area contributed by atoms with E-state index < -0.39 is 0 Å². The summed E-state index contributed by atoms with van der Waals surface area (Å²) in [5, 5.41) is 6.15. The molecule has 5 nitrogen and oxygen atoms in total. The summed E-state index contributed by atoms with van der Waals surface area (Å²) < 4.78 is 5.31. The van der Waals surface area contributed by atoms with E-state index in [4.69, 9.17) is 10.3 Å². The lowest BCUT2D eigenvalue weighted by Crippen LogP contribution is -2.22. The summed E-state index contributed by atoms with van der Waals surface area (Å²) in [6.45, 7) is 3.89. The van der Waals surface area contributed by atoms with Gasteiger partial charge < -0.3 is 10.3 Å². The van der Waals surface area contributed by atoms with Crippen LogP contribution in [0, 0.1) is 0 Å². The molecule has 2 heterocycles. The van der Waals surface area contributed by atoms with E-state index in [2.05, 4.69) is 15.1 Å². The lowest BCUT2D eigenvalue weighted by atomic mass is 10.1. The van der Waals surface area contributed by atoms with Gasteiger partial charge in [-0.2, -0.15) is 4.98 Å². The van der Waals surface area contributed by atoms with E-state index in [1.165, 1.54) is 0 Å². The largest absolute Gasteiger partial charge is 0.339 e. The quantitative estimate of drug-likeness (QED) is 0.804. The van der Waals surface area contributed by atoms with E-state index in [-0.39, 0.29) is 24.4 Å². The molecule has 0 fully saturated rings. The fourth-order valence-electron chi connectivity index (χ4n) is 2.04. The molecule has 0 aliphatic rings. The smallest absolute Gasteiger partial charge is 0.231 e. The summed E-state index contributed by atoms with van der Waals surface area (Å²) >= 11 is 0. The molecule has 0 saturated carbocycles. The van der Waals surface area contributed by atoms with Crippen LogP contribution in [0.3, 0.4) is 0 Å². The number of fused-ring (bicyclic) bond motifs is 1. The predicted molar refractivity (Wildman–Crippen MR) is 84.3 cm³/mol. The maximum atomic E-state index is 5.86. The van der Waals surface area contributed by atoms with Crippen LogP contribution < -0.4 is 5.73 Å². The summed E-state index contributed by atoms with van der Waals surface area (Å²) in [6, 6.07) is 9.92. The number of hydrogen-bond donors (Lipinski definition) is 1. The Balaban J connectivity index is 0.00000161. The first kappa shape index (κ1) is 15.4. The van der Waals surface area contributed by atoms with E-state index in [1.807, 2.05) is 44.2 Å². The van der Waals surface area contributed by atoms with Crippen LogP contribution in [0.5, 0.6) is 0 Å². The number of pyridine rings is 1. The van der Waals surface area contributed by atoms with Gasteiger partial charge in [-0.05, 0) is 18.4 Å². The molecule has 1 aromatic carbocycles. The van der Waals surface area contributed by atoms with Crippen LogP contribution in [0.2, 0.25) is 0 Å². The second-order valence-corrected chi connectivity index (χ2v) is 4.98. The van der Waals surface area contributed by atoms with Crippen molar-refractivity contribution in [2.75, 3.05) is 0 Å². The monoisotopic (exact) mass is 304 g/mol. The lowest BCUT2D eigenvalue weighted by Gasteiger charge is -2.09. The first-order valence-corrected chi connectivity index (χ1v) is 6.60. The van der Waals surface area contributed by atoms with Crippen molar-refractivity contribution in [3.8, 4) is 11.5 Å². The summed E-state index contributed by atoms with van der Waals surface area (Å²) in [6.07, 6.45) is 1.75. The Morgan fingerprint density at radius 3 is 2.67 bits per heavy atom. The number of nitrogens with zero attached hydrogens (tertiary/aromatic N) is 3. The maximum Gasteiger partial charge on any atom is 0.231 e. The first-order valence-electron chi connectivity index (χ1n) is 6.60. The zero-order valence-corrected chi connectivity index (χ0v) is 12.7. The SMILES string of the molecule is CC(N)C(C)c1nc(-c2nccc3ccccc23)no1.Cl. The van der Waals surface area contributed by atoms with Crippen molar-refractivity contribution in [1.82, 2.24) is 15.1 Å². The number of halogens is 1. The maximum absolute atomic E-state index is 5.86. The number of rotatable bonds is 3. The molecule has 2 unspecified atom stereocenters. The fraction of sp³-hybridized carbons (Fsp3) is 0.267. The van der Waals surface area contributed by atoms with E-state index in [0.717, 1.165) is 16.5 Å². The highest BCUT2D eigenvalue weighted by Gasteiger charge is 2.19. The van der Waals surface area contributed by atoms with Crippen LogP contribution in [0.4, 0.5) is 0 Å². The van der Waals surface area contributed by atoms with Gasteiger partial charge in [-0.25, -0.2) is 0 Å². The van der Waals surface area contributed by atoms with Crippen LogP contribution in [0.25, 0.3) is 22.3 Å². The molecule has 3 aromatic rings. The number of hydrogen-bond acceptors (Lipinski definition) is 5. The molecule has 2 aromatic heterocycles. The summed E-state index contributed by atoms with van der Waals surface area (Å²) in [5.74, 6) is 1.07. The highest BCUT2D eigenvalue weighted by molar-refractivity contribution is 5.92. The second-order valence-electron chi connectivity index (χ2n) is 4.98. The Morgan fingerprint density at radius 1 is 1.14 bits per heavy atom. The third kappa shape index (κ3) is 2.89. The van der Waals surface area contributed by atoms with Gasteiger partial charge in [-0.15, -0.1) is 12.4 Å². The van der Waals surface area contributed by atoms with E-state index >= 15 is 0 Å². The van der Waals surface area contributed by atoms with E-state index in [0.29, 0.717) is 11.7 Å². The van der Waals surface area contributed by atoms with Gasteiger partial charge in [-0.1, -0.05) is 36.3 Å². The topological polar surface area (TPSA) is 77.8 Å². The van der Waals surface area contributed by atoms with Crippen molar-refractivity contribution in [3.05, 3.63) is 42.4 Å². The van der Waals surface area contributed by atoms with Crippen molar-refractivity contribution < 1.29 is 4.52 Å². The summed E-state index contributed by atoms with van der Waals surface area (Å²) in [7, 11) is 0. The zero-order chi connectivity index (χ0) is 14.1. The minimum Gasteiger partial charge on any atom is -0.339 e. The Bertz CT molecular complexity index is 736. The van der Waals surface area contributed by atoms with E-state index in [9.17, 15) is 0 Å². The molecule has 0 aliphatic carbocycles. The summed E-state index contributed by atoms with van der Waals surface area (Å²) in [4.78, 5) is 8.81. The highest BCUT2D eigenvalue weighted by atomic mass is 35.5. The van der Waals surface area contributed by atoms with Gasteiger partial charge in [0.15, 0.2) is 0 Å². The minimum atomic E-state index is -0.0382. The highest BCUT2D eigenvalue weighted by Crippen LogP contribution is 2.25. The van der Waals surface area contributed by atoms with Crippen LogP contribution in [0.1, 0.15) is 25.7 Å². The third-order valence-electron chi connectivity index (χ3n) is 3.51. The molecule has 6 heteroatoms. The Morgan fingerprint density at radius 2 is 1.90 bits per heavy atom. The van der Waals surface area contributed by atoms with Crippen molar-refractivity contribution >= 4 is 23.2 Å². The van der Waals surface area contributed by atoms with Gasteiger partial charge in [0.05, 0.1) is 5.92 Å².